The summed E-state index contributed by atoms with van der Waals surface area (Å²) in [5.74, 6) is 0. The molecule has 0 saturated heterocycles. The molecule has 5 heteroatoms. The zero-order chi connectivity index (χ0) is 15.2. The van der Waals surface area contributed by atoms with Crippen molar-refractivity contribution >= 4 is 48.9 Å². The Kier molecular flexibility index (Phi) is 5.94. The van der Waals surface area contributed by atoms with E-state index >= 15 is 0 Å². The lowest BCUT2D eigenvalue weighted by molar-refractivity contribution is 0.866. The highest BCUT2D eigenvalue weighted by Crippen LogP contribution is 2.30. The second-order valence-electron chi connectivity index (χ2n) is 4.48. The number of hydrogen-bond donors (Lipinski definition) is 0. The molecule has 110 valence electrons. The molecular formula is C16H17Br2N3. The molecular weight excluding hydrogens is 394 g/mol. The molecule has 0 aliphatic rings. The van der Waals surface area contributed by atoms with Crippen molar-refractivity contribution in [3.05, 3.63) is 51.4 Å². The lowest BCUT2D eigenvalue weighted by atomic mass is 10.2. The third-order valence-corrected chi connectivity index (χ3v) is 4.29. The van der Waals surface area contributed by atoms with E-state index in [1.807, 2.05) is 30.3 Å². The number of azo groups is 1. The molecule has 0 N–H and O–H groups in total. The molecule has 0 atom stereocenters. The van der Waals surface area contributed by atoms with Crippen molar-refractivity contribution < 1.29 is 0 Å². The van der Waals surface area contributed by atoms with Gasteiger partial charge < -0.3 is 4.90 Å². The van der Waals surface area contributed by atoms with E-state index in [-0.39, 0.29) is 0 Å². The Balaban J connectivity index is 2.14. The van der Waals surface area contributed by atoms with Gasteiger partial charge in [0.2, 0.25) is 0 Å². The van der Waals surface area contributed by atoms with Gasteiger partial charge >= 0.3 is 0 Å². The van der Waals surface area contributed by atoms with Crippen molar-refractivity contribution in [3.8, 4) is 0 Å². The van der Waals surface area contributed by atoms with Crippen molar-refractivity contribution in [2.24, 2.45) is 10.2 Å². The van der Waals surface area contributed by atoms with Crippen LogP contribution >= 0.6 is 31.9 Å². The topological polar surface area (TPSA) is 28.0 Å². The van der Waals surface area contributed by atoms with Crippen LogP contribution in [-0.4, -0.2) is 13.1 Å². The van der Waals surface area contributed by atoms with Gasteiger partial charge in [0.25, 0.3) is 0 Å². The molecule has 3 nitrogen and oxygen atoms in total. The summed E-state index contributed by atoms with van der Waals surface area (Å²) in [6.07, 6.45) is 0. The van der Waals surface area contributed by atoms with Gasteiger partial charge in [-0.3, -0.25) is 0 Å². The van der Waals surface area contributed by atoms with Crippen molar-refractivity contribution in [2.75, 3.05) is 18.0 Å². The molecule has 0 saturated carbocycles. The third kappa shape index (κ3) is 4.38. The van der Waals surface area contributed by atoms with Gasteiger partial charge in [-0.25, -0.2) is 0 Å². The molecule has 0 heterocycles. The first-order valence-electron chi connectivity index (χ1n) is 6.85. The average molecular weight is 411 g/mol. The first-order chi connectivity index (χ1) is 10.1. The van der Waals surface area contributed by atoms with E-state index < -0.39 is 0 Å². The van der Waals surface area contributed by atoms with Crippen LogP contribution in [-0.2, 0) is 0 Å². The molecule has 0 fully saturated rings. The minimum Gasteiger partial charge on any atom is -0.372 e. The number of nitrogens with zero attached hydrogens (tertiary/aromatic N) is 3. The molecule has 0 spiro atoms. The highest BCUT2D eigenvalue weighted by Gasteiger charge is 2.02. The molecule has 0 aromatic heterocycles. The molecule has 0 aliphatic heterocycles. The summed E-state index contributed by atoms with van der Waals surface area (Å²) in [5, 5.41) is 8.56. The predicted molar refractivity (Wildman–Crippen MR) is 96.0 cm³/mol. The quantitative estimate of drug-likeness (QED) is 0.518. The summed E-state index contributed by atoms with van der Waals surface area (Å²) in [4.78, 5) is 2.30. The largest absolute Gasteiger partial charge is 0.372 e. The van der Waals surface area contributed by atoms with Crippen LogP contribution in [0, 0.1) is 0 Å². The van der Waals surface area contributed by atoms with Crippen molar-refractivity contribution in [1.82, 2.24) is 0 Å². The smallest absolute Gasteiger partial charge is 0.0999 e. The van der Waals surface area contributed by atoms with Gasteiger partial charge in [-0.1, -0.05) is 15.9 Å². The van der Waals surface area contributed by atoms with Crippen molar-refractivity contribution in [1.29, 1.82) is 0 Å². The lowest BCUT2D eigenvalue weighted by Crippen LogP contribution is -2.21. The number of halogens is 2. The van der Waals surface area contributed by atoms with Crippen molar-refractivity contribution in [3.63, 3.8) is 0 Å². The minimum absolute atomic E-state index is 0.811. The van der Waals surface area contributed by atoms with E-state index in [4.69, 9.17) is 0 Å². The van der Waals surface area contributed by atoms with Gasteiger partial charge in [0.1, 0.15) is 0 Å². The van der Waals surface area contributed by atoms with E-state index in [2.05, 4.69) is 73.0 Å². The SMILES string of the molecule is CCN(CC)c1ccc(N=Nc2ccc(Br)cc2Br)cc1. The Bertz CT molecular complexity index is 620. The zero-order valence-electron chi connectivity index (χ0n) is 12.1. The normalized spacial score (nSPS) is 11.0. The maximum Gasteiger partial charge on any atom is 0.0999 e. The fraction of sp³-hybridized carbons (Fsp3) is 0.250. The predicted octanol–water partition coefficient (Wildman–Crippen LogP) is 6.47. The van der Waals surface area contributed by atoms with Crippen LogP contribution in [0.1, 0.15) is 13.8 Å². The molecule has 2 aromatic carbocycles. The van der Waals surface area contributed by atoms with Gasteiger partial charge in [-0.15, -0.1) is 5.11 Å². The Morgan fingerprint density at radius 1 is 0.905 bits per heavy atom. The van der Waals surface area contributed by atoms with Crippen LogP contribution < -0.4 is 4.90 Å². The molecule has 0 radical (unpaired) electrons. The Morgan fingerprint density at radius 3 is 2.14 bits per heavy atom. The fourth-order valence-corrected chi connectivity index (χ4v) is 3.12. The summed E-state index contributed by atoms with van der Waals surface area (Å²) < 4.78 is 1.93. The van der Waals surface area contributed by atoms with E-state index in [0.29, 0.717) is 0 Å². The first-order valence-corrected chi connectivity index (χ1v) is 8.44. The van der Waals surface area contributed by atoms with Gasteiger partial charge in [0.15, 0.2) is 0 Å². The third-order valence-electron chi connectivity index (χ3n) is 3.16. The zero-order valence-corrected chi connectivity index (χ0v) is 15.2. The summed E-state index contributed by atoms with van der Waals surface area (Å²) in [6, 6.07) is 14.0. The standard InChI is InChI=1S/C16H17Br2N3/c1-3-21(4-2)14-8-6-13(7-9-14)19-20-16-10-5-12(17)11-15(16)18/h5-11H,3-4H2,1-2H3. The highest BCUT2D eigenvalue weighted by molar-refractivity contribution is 9.11. The van der Waals surface area contributed by atoms with Crippen molar-refractivity contribution in [2.45, 2.75) is 13.8 Å². The number of benzene rings is 2. The van der Waals surface area contributed by atoms with Gasteiger partial charge in [-0.2, -0.15) is 5.11 Å². The molecule has 0 bridgehead atoms. The molecule has 21 heavy (non-hydrogen) atoms. The van der Waals surface area contributed by atoms with Crippen LogP contribution in [0.15, 0.2) is 61.6 Å². The summed E-state index contributed by atoms with van der Waals surface area (Å²) >= 11 is 6.90. The summed E-state index contributed by atoms with van der Waals surface area (Å²) in [6.45, 7) is 6.32. The van der Waals surface area contributed by atoms with Crippen LogP contribution in [0.25, 0.3) is 0 Å². The van der Waals surface area contributed by atoms with Crippen LogP contribution in [0.2, 0.25) is 0 Å². The second kappa shape index (κ2) is 7.71. The van der Waals surface area contributed by atoms with E-state index in [1.165, 1.54) is 5.69 Å². The Labute approximate surface area is 142 Å². The number of anilines is 1. The Morgan fingerprint density at radius 2 is 1.57 bits per heavy atom. The average Bonchev–Trinajstić information content (AvgIpc) is 2.49. The van der Waals surface area contributed by atoms with Gasteiger partial charge in [0, 0.05) is 27.7 Å². The van der Waals surface area contributed by atoms with Crippen LogP contribution in [0.4, 0.5) is 17.1 Å². The lowest BCUT2D eigenvalue weighted by Gasteiger charge is -2.20. The summed E-state index contributed by atoms with van der Waals surface area (Å²) in [7, 11) is 0. The van der Waals surface area contributed by atoms with E-state index in [9.17, 15) is 0 Å². The maximum absolute atomic E-state index is 4.28. The van der Waals surface area contributed by atoms with E-state index in [1.54, 1.807) is 0 Å². The number of hydrogen-bond acceptors (Lipinski definition) is 3. The fourth-order valence-electron chi connectivity index (χ4n) is 1.99. The minimum atomic E-state index is 0.811. The second-order valence-corrected chi connectivity index (χ2v) is 6.25. The molecule has 0 unspecified atom stereocenters. The van der Waals surface area contributed by atoms with Crippen LogP contribution in [0.5, 0.6) is 0 Å². The first kappa shape index (κ1) is 16.2. The van der Waals surface area contributed by atoms with Gasteiger partial charge in [0.05, 0.1) is 11.4 Å². The Hall–Kier alpha value is -1.20. The molecule has 2 aromatic rings. The van der Waals surface area contributed by atoms with Crippen LogP contribution in [0.3, 0.4) is 0 Å². The number of rotatable bonds is 5. The summed E-state index contributed by atoms with van der Waals surface area (Å²) in [5.41, 5.74) is 2.87. The molecule has 0 amide bonds. The molecule has 2 rings (SSSR count). The van der Waals surface area contributed by atoms with E-state index in [0.717, 1.165) is 33.4 Å². The van der Waals surface area contributed by atoms with Gasteiger partial charge in [-0.05, 0) is 72.2 Å². The molecule has 0 aliphatic carbocycles. The highest BCUT2D eigenvalue weighted by atomic mass is 79.9. The monoisotopic (exact) mass is 409 g/mol. The maximum atomic E-state index is 4.28.